The zero-order valence-corrected chi connectivity index (χ0v) is 19.5. The molecule has 1 aliphatic carbocycles. The van der Waals surface area contributed by atoms with Gasteiger partial charge < -0.3 is 5.32 Å². The molecule has 2 aliphatic rings. The van der Waals surface area contributed by atoms with Crippen molar-refractivity contribution in [2.75, 3.05) is 10.7 Å². The highest BCUT2D eigenvalue weighted by Gasteiger charge is 2.42. The van der Waals surface area contributed by atoms with E-state index in [0.717, 1.165) is 40.2 Å². The summed E-state index contributed by atoms with van der Waals surface area (Å²) in [4.78, 5) is 17.2. The molecule has 5 rings (SSSR count). The van der Waals surface area contributed by atoms with E-state index in [2.05, 4.69) is 85.1 Å². The number of thiophene rings is 2. The Morgan fingerprint density at radius 1 is 1.16 bits per heavy atom. The van der Waals surface area contributed by atoms with E-state index in [1.54, 1.807) is 22.7 Å². The minimum absolute atomic E-state index is 0.0446. The molecule has 4 nitrogen and oxygen atoms in total. The van der Waals surface area contributed by atoms with Crippen molar-refractivity contribution in [2.24, 2.45) is 10.5 Å². The second-order valence-electron chi connectivity index (χ2n) is 9.06. The molecule has 0 radical (unpaired) electrons. The maximum absolute atomic E-state index is 13.5. The van der Waals surface area contributed by atoms with Gasteiger partial charge in [0.15, 0.2) is 5.78 Å². The van der Waals surface area contributed by atoms with Gasteiger partial charge in [-0.25, -0.2) is 0 Å². The molecule has 2 aromatic heterocycles. The number of hydrogen-bond donors (Lipinski definition) is 2. The summed E-state index contributed by atoms with van der Waals surface area (Å²) in [6.07, 6.45) is 1.43. The molecule has 158 valence electrons. The first-order valence-electron chi connectivity index (χ1n) is 10.4. The van der Waals surface area contributed by atoms with Gasteiger partial charge in [0.1, 0.15) is 0 Å². The number of hydrogen-bond acceptors (Lipinski definition) is 6. The summed E-state index contributed by atoms with van der Waals surface area (Å²) in [5.41, 5.74) is 9.17. The van der Waals surface area contributed by atoms with E-state index in [-0.39, 0.29) is 17.1 Å². The van der Waals surface area contributed by atoms with E-state index in [1.807, 2.05) is 0 Å². The van der Waals surface area contributed by atoms with Gasteiger partial charge in [-0.1, -0.05) is 26.0 Å². The van der Waals surface area contributed by atoms with Crippen LogP contribution in [0.4, 0.5) is 11.4 Å². The number of fused-ring (bicyclic) bond motifs is 1. The number of nitrogens with zero attached hydrogens (tertiary/aromatic N) is 1. The molecule has 0 saturated carbocycles. The van der Waals surface area contributed by atoms with Gasteiger partial charge in [-0.15, -0.1) is 22.7 Å². The van der Waals surface area contributed by atoms with Crippen LogP contribution in [-0.4, -0.2) is 12.5 Å². The average Bonchev–Trinajstić information content (AvgIpc) is 3.39. The third-order valence-corrected chi connectivity index (χ3v) is 8.32. The lowest BCUT2D eigenvalue weighted by Crippen LogP contribution is -2.34. The molecule has 3 heterocycles. The number of hydrazone groups is 1. The SMILES string of the molecule is C=NNc1c(C)ccc2c1C(c1ccc(-c3cccs3)s1)C1=C(CC(C)(C)CC1=O)N2. The zero-order chi connectivity index (χ0) is 21.8. The first kappa shape index (κ1) is 20.2. The molecule has 3 aromatic rings. The van der Waals surface area contributed by atoms with Crippen LogP contribution in [0.25, 0.3) is 9.75 Å². The molecular weight excluding hydrogens is 422 g/mol. The number of benzene rings is 1. The number of carbonyl (C=O) groups excluding carboxylic acids is 1. The van der Waals surface area contributed by atoms with Crippen LogP contribution in [0.2, 0.25) is 0 Å². The molecule has 2 N–H and O–H groups in total. The molecule has 0 fully saturated rings. The van der Waals surface area contributed by atoms with Crippen LogP contribution < -0.4 is 10.7 Å². The third-order valence-electron chi connectivity index (χ3n) is 6.10. The van der Waals surface area contributed by atoms with Crippen LogP contribution in [0, 0.1) is 12.3 Å². The summed E-state index contributed by atoms with van der Waals surface area (Å²) in [5.74, 6) is 0.122. The highest BCUT2D eigenvalue weighted by molar-refractivity contribution is 7.21. The van der Waals surface area contributed by atoms with Crippen molar-refractivity contribution < 1.29 is 4.79 Å². The molecular formula is C25H25N3OS2. The summed E-state index contributed by atoms with van der Waals surface area (Å²) in [7, 11) is 0. The molecule has 0 amide bonds. The van der Waals surface area contributed by atoms with Crippen molar-refractivity contribution in [1.82, 2.24) is 0 Å². The van der Waals surface area contributed by atoms with Crippen molar-refractivity contribution >= 4 is 46.5 Å². The second-order valence-corrected chi connectivity index (χ2v) is 11.1. The summed E-state index contributed by atoms with van der Waals surface area (Å²) in [6, 6.07) is 12.8. The fraction of sp³-hybridized carbons (Fsp3) is 0.280. The lowest BCUT2D eigenvalue weighted by Gasteiger charge is -2.40. The summed E-state index contributed by atoms with van der Waals surface area (Å²) >= 11 is 3.52. The minimum atomic E-state index is -0.113. The van der Waals surface area contributed by atoms with E-state index >= 15 is 0 Å². The summed E-state index contributed by atoms with van der Waals surface area (Å²) < 4.78 is 0. The number of nitrogens with one attached hydrogen (secondary N) is 2. The van der Waals surface area contributed by atoms with Crippen molar-refractivity contribution in [1.29, 1.82) is 0 Å². The molecule has 1 aromatic carbocycles. The van der Waals surface area contributed by atoms with Crippen molar-refractivity contribution in [3.05, 3.63) is 69.1 Å². The highest BCUT2D eigenvalue weighted by Crippen LogP contribution is 2.53. The molecule has 31 heavy (non-hydrogen) atoms. The lowest BCUT2D eigenvalue weighted by atomic mass is 9.69. The number of rotatable bonds is 4. The molecule has 1 unspecified atom stereocenters. The summed E-state index contributed by atoms with van der Waals surface area (Å²) in [6.45, 7) is 10.0. The van der Waals surface area contributed by atoms with Gasteiger partial charge in [0.25, 0.3) is 0 Å². The first-order valence-corrected chi connectivity index (χ1v) is 12.1. The van der Waals surface area contributed by atoms with E-state index in [4.69, 9.17) is 0 Å². The van der Waals surface area contributed by atoms with Crippen LogP contribution in [0.5, 0.6) is 0 Å². The Morgan fingerprint density at radius 2 is 2.00 bits per heavy atom. The predicted octanol–water partition coefficient (Wildman–Crippen LogP) is 7.01. The number of carbonyl (C=O) groups is 1. The standard InChI is InChI=1S/C25H25N3OS2/c1-14-7-8-15-22(24(14)28-26-4)23(20-10-9-19(31-20)18-6-5-11-30-18)21-16(27-15)12-25(2,3)13-17(21)29/h5-11,23,27-28H,4,12-13H2,1-3H3. The molecule has 1 aliphatic heterocycles. The van der Waals surface area contributed by atoms with Crippen LogP contribution in [0.15, 0.2) is 58.1 Å². The van der Waals surface area contributed by atoms with Crippen LogP contribution >= 0.6 is 22.7 Å². The van der Waals surface area contributed by atoms with Crippen molar-refractivity contribution in [2.45, 2.75) is 39.5 Å². The van der Waals surface area contributed by atoms with E-state index < -0.39 is 0 Å². The zero-order valence-electron chi connectivity index (χ0n) is 17.9. The quantitative estimate of drug-likeness (QED) is 0.334. The molecule has 6 heteroatoms. The number of allylic oxidation sites excluding steroid dienone is 2. The molecule has 0 bridgehead atoms. The number of ketones is 1. The van der Waals surface area contributed by atoms with E-state index in [0.29, 0.717) is 6.42 Å². The smallest absolute Gasteiger partial charge is 0.162 e. The molecule has 0 spiro atoms. The van der Waals surface area contributed by atoms with Gasteiger partial charge >= 0.3 is 0 Å². The fourth-order valence-electron chi connectivity index (χ4n) is 4.80. The maximum Gasteiger partial charge on any atom is 0.162 e. The fourth-order valence-corrected chi connectivity index (χ4v) is 6.76. The van der Waals surface area contributed by atoms with Crippen LogP contribution in [0.3, 0.4) is 0 Å². The Bertz CT molecular complexity index is 1220. The Morgan fingerprint density at radius 3 is 2.74 bits per heavy atom. The Balaban J connectivity index is 1.73. The Hall–Kier alpha value is -2.70. The minimum Gasteiger partial charge on any atom is -0.358 e. The van der Waals surface area contributed by atoms with Crippen molar-refractivity contribution in [3.63, 3.8) is 0 Å². The van der Waals surface area contributed by atoms with Gasteiger partial charge in [-0.05, 0) is 54.0 Å². The van der Waals surface area contributed by atoms with Crippen molar-refractivity contribution in [3.8, 4) is 9.75 Å². The summed E-state index contributed by atoms with van der Waals surface area (Å²) in [5, 5.41) is 9.68. The van der Waals surface area contributed by atoms with Gasteiger partial charge in [0.2, 0.25) is 0 Å². The number of anilines is 2. The van der Waals surface area contributed by atoms with Gasteiger partial charge in [-0.3, -0.25) is 10.2 Å². The first-order chi connectivity index (χ1) is 14.9. The van der Waals surface area contributed by atoms with Crippen LogP contribution in [-0.2, 0) is 4.79 Å². The normalized spacial score (nSPS) is 19.5. The van der Waals surface area contributed by atoms with E-state index in [1.165, 1.54) is 14.6 Å². The van der Waals surface area contributed by atoms with Gasteiger partial charge in [-0.2, -0.15) is 5.10 Å². The third kappa shape index (κ3) is 3.44. The van der Waals surface area contributed by atoms with Gasteiger partial charge in [0.05, 0.1) is 11.6 Å². The lowest BCUT2D eigenvalue weighted by molar-refractivity contribution is -0.118. The number of Topliss-reactive ketones (excluding diaryl/α,β-unsaturated/α-hetero) is 1. The average molecular weight is 448 g/mol. The van der Waals surface area contributed by atoms with Gasteiger partial charge in [0, 0.05) is 50.3 Å². The maximum atomic E-state index is 13.5. The predicted molar refractivity (Wildman–Crippen MR) is 132 cm³/mol. The Labute approximate surface area is 190 Å². The van der Waals surface area contributed by atoms with E-state index in [9.17, 15) is 4.79 Å². The Kier molecular flexibility index (Phi) is 4.87. The molecule has 1 atom stereocenters. The monoisotopic (exact) mass is 447 g/mol. The van der Waals surface area contributed by atoms with Crippen LogP contribution in [0.1, 0.15) is 48.6 Å². The topological polar surface area (TPSA) is 53.5 Å². The highest BCUT2D eigenvalue weighted by atomic mass is 32.1. The number of aryl methyl sites for hydroxylation is 1. The second kappa shape index (κ2) is 7.46. The largest absolute Gasteiger partial charge is 0.358 e. The molecule has 0 saturated heterocycles.